The Kier molecular flexibility index (Phi) is 4.81. The molecule has 0 aliphatic heterocycles. The van der Waals surface area contributed by atoms with Crippen LogP contribution in [0.4, 0.5) is 14.5 Å². The number of rotatable bonds is 6. The monoisotopic (exact) mass is 285 g/mol. The number of methoxy groups -OCH3 is 1. The fourth-order valence-electron chi connectivity index (χ4n) is 2.64. The molecule has 5 heteroatoms. The average Bonchev–Trinajstić information content (AvgIpc) is 2.77. The summed E-state index contributed by atoms with van der Waals surface area (Å²) in [7, 11) is 1.58. The first-order chi connectivity index (χ1) is 9.54. The molecule has 0 spiro atoms. The van der Waals surface area contributed by atoms with Crippen molar-refractivity contribution in [2.45, 2.75) is 31.6 Å². The van der Waals surface area contributed by atoms with E-state index in [0.717, 1.165) is 11.3 Å². The predicted octanol–water partition coefficient (Wildman–Crippen LogP) is 3.08. The van der Waals surface area contributed by atoms with E-state index in [1.165, 1.54) is 0 Å². The van der Waals surface area contributed by atoms with Crippen LogP contribution in [0.3, 0.4) is 0 Å². The number of benzene rings is 1. The van der Waals surface area contributed by atoms with Crippen molar-refractivity contribution >= 4 is 5.69 Å². The summed E-state index contributed by atoms with van der Waals surface area (Å²) in [6, 6.07) is 5.64. The van der Waals surface area contributed by atoms with Crippen LogP contribution in [0.25, 0.3) is 0 Å². The van der Waals surface area contributed by atoms with Crippen molar-refractivity contribution in [3.8, 4) is 5.75 Å². The first kappa shape index (κ1) is 15.0. The quantitative estimate of drug-likeness (QED) is 0.844. The smallest absolute Gasteiger partial charge is 0.248 e. The lowest BCUT2D eigenvalue weighted by Crippen LogP contribution is -2.15. The molecule has 1 atom stereocenters. The SMILES string of the molecule is COc1cc(CCO)ccc1NCC1CCC(F)(F)C1. The largest absolute Gasteiger partial charge is 0.495 e. The minimum Gasteiger partial charge on any atom is -0.495 e. The standard InChI is InChI=1S/C15H21F2NO2/c1-20-14-8-11(5-7-19)2-3-13(14)18-10-12-4-6-15(16,17)9-12/h2-3,8,12,18-19H,4-7,9-10H2,1H3. The highest BCUT2D eigenvalue weighted by atomic mass is 19.3. The molecule has 0 heterocycles. The van der Waals surface area contributed by atoms with Gasteiger partial charge in [0.25, 0.3) is 0 Å². The third kappa shape index (κ3) is 3.82. The molecule has 0 radical (unpaired) electrons. The first-order valence-corrected chi connectivity index (χ1v) is 6.93. The van der Waals surface area contributed by atoms with Crippen LogP contribution in [0, 0.1) is 5.92 Å². The minimum atomic E-state index is -2.50. The lowest BCUT2D eigenvalue weighted by Gasteiger charge is -2.16. The van der Waals surface area contributed by atoms with Gasteiger partial charge in [0.1, 0.15) is 5.75 Å². The number of alkyl halides is 2. The molecule has 0 saturated heterocycles. The molecule has 1 aliphatic rings. The number of aliphatic hydroxyl groups excluding tert-OH is 1. The molecule has 0 aromatic heterocycles. The molecule has 0 bridgehead atoms. The van der Waals surface area contributed by atoms with Crippen molar-refractivity contribution in [3.05, 3.63) is 23.8 Å². The summed E-state index contributed by atoms with van der Waals surface area (Å²) in [6.07, 6.45) is 1.09. The van der Waals surface area contributed by atoms with Crippen LogP contribution >= 0.6 is 0 Å². The molecule has 20 heavy (non-hydrogen) atoms. The second-order valence-corrected chi connectivity index (χ2v) is 5.35. The maximum Gasteiger partial charge on any atom is 0.248 e. The van der Waals surface area contributed by atoms with Crippen molar-refractivity contribution in [1.29, 1.82) is 0 Å². The first-order valence-electron chi connectivity index (χ1n) is 6.93. The van der Waals surface area contributed by atoms with Crippen LogP contribution < -0.4 is 10.1 Å². The molecule has 1 saturated carbocycles. The Bertz CT molecular complexity index is 451. The number of hydrogen-bond acceptors (Lipinski definition) is 3. The Hall–Kier alpha value is -1.36. The number of nitrogens with one attached hydrogen (secondary N) is 1. The zero-order valence-corrected chi connectivity index (χ0v) is 11.7. The number of aliphatic hydroxyl groups is 1. The molecule has 3 nitrogen and oxygen atoms in total. The topological polar surface area (TPSA) is 41.5 Å². The highest BCUT2D eigenvalue weighted by molar-refractivity contribution is 5.57. The van der Waals surface area contributed by atoms with Crippen molar-refractivity contribution in [2.24, 2.45) is 5.92 Å². The van der Waals surface area contributed by atoms with Crippen LogP contribution in [0.2, 0.25) is 0 Å². The summed E-state index contributed by atoms with van der Waals surface area (Å²) >= 11 is 0. The van der Waals surface area contributed by atoms with Gasteiger partial charge in [-0.15, -0.1) is 0 Å². The second kappa shape index (κ2) is 6.39. The average molecular weight is 285 g/mol. The minimum absolute atomic E-state index is 0.00632. The van der Waals surface area contributed by atoms with Gasteiger partial charge >= 0.3 is 0 Å². The van der Waals surface area contributed by atoms with E-state index in [-0.39, 0.29) is 25.4 Å². The molecular weight excluding hydrogens is 264 g/mol. The highest BCUT2D eigenvalue weighted by Crippen LogP contribution is 2.39. The number of ether oxygens (including phenoxy) is 1. The Morgan fingerprint density at radius 1 is 1.45 bits per heavy atom. The van der Waals surface area contributed by atoms with E-state index in [1.807, 2.05) is 18.2 Å². The Labute approximate surface area is 117 Å². The van der Waals surface area contributed by atoms with Crippen LogP contribution in [-0.2, 0) is 6.42 Å². The molecule has 2 N–H and O–H groups in total. The zero-order chi connectivity index (χ0) is 14.6. The zero-order valence-electron chi connectivity index (χ0n) is 11.7. The summed E-state index contributed by atoms with van der Waals surface area (Å²) in [4.78, 5) is 0. The van der Waals surface area contributed by atoms with E-state index in [4.69, 9.17) is 9.84 Å². The van der Waals surface area contributed by atoms with Gasteiger partial charge in [0, 0.05) is 26.0 Å². The molecule has 0 amide bonds. The summed E-state index contributed by atoms with van der Waals surface area (Å²) in [5, 5.41) is 12.1. The second-order valence-electron chi connectivity index (χ2n) is 5.35. The van der Waals surface area contributed by atoms with Gasteiger partial charge in [-0.2, -0.15) is 0 Å². The van der Waals surface area contributed by atoms with Gasteiger partial charge in [-0.25, -0.2) is 8.78 Å². The van der Waals surface area contributed by atoms with Crippen molar-refractivity contribution in [3.63, 3.8) is 0 Å². The fourth-order valence-corrected chi connectivity index (χ4v) is 2.64. The number of halogens is 2. The lowest BCUT2D eigenvalue weighted by molar-refractivity contribution is 0.00556. The molecule has 1 unspecified atom stereocenters. The number of hydrogen-bond donors (Lipinski definition) is 2. The maximum atomic E-state index is 13.1. The van der Waals surface area contributed by atoms with E-state index >= 15 is 0 Å². The fraction of sp³-hybridized carbons (Fsp3) is 0.600. The van der Waals surface area contributed by atoms with Gasteiger partial charge < -0.3 is 15.2 Å². The van der Waals surface area contributed by atoms with Gasteiger partial charge in [-0.1, -0.05) is 6.07 Å². The molecule has 1 aliphatic carbocycles. The lowest BCUT2D eigenvalue weighted by atomic mass is 10.1. The normalized spacial score (nSPS) is 20.9. The van der Waals surface area contributed by atoms with Crippen LogP contribution in [-0.4, -0.2) is 31.3 Å². The molecular formula is C15H21F2NO2. The molecule has 112 valence electrons. The maximum absolute atomic E-state index is 13.1. The summed E-state index contributed by atoms with van der Waals surface area (Å²) in [5.74, 6) is -1.81. The van der Waals surface area contributed by atoms with Crippen LogP contribution in [0.15, 0.2) is 18.2 Å². The predicted molar refractivity (Wildman–Crippen MR) is 74.6 cm³/mol. The van der Waals surface area contributed by atoms with Crippen molar-refractivity contribution in [2.75, 3.05) is 25.6 Å². The van der Waals surface area contributed by atoms with Gasteiger partial charge in [0.15, 0.2) is 0 Å². The summed E-state index contributed by atoms with van der Waals surface area (Å²) in [5.41, 5.74) is 1.80. The van der Waals surface area contributed by atoms with Gasteiger partial charge in [0.05, 0.1) is 12.8 Å². The van der Waals surface area contributed by atoms with E-state index in [0.29, 0.717) is 25.1 Å². The Balaban J connectivity index is 1.95. The van der Waals surface area contributed by atoms with E-state index in [9.17, 15) is 8.78 Å². The summed E-state index contributed by atoms with van der Waals surface area (Å²) < 4.78 is 31.6. The molecule has 2 rings (SSSR count). The Morgan fingerprint density at radius 3 is 2.85 bits per heavy atom. The molecule has 1 fully saturated rings. The summed E-state index contributed by atoms with van der Waals surface area (Å²) in [6.45, 7) is 0.623. The number of anilines is 1. The van der Waals surface area contributed by atoms with Crippen molar-refractivity contribution in [1.82, 2.24) is 0 Å². The van der Waals surface area contributed by atoms with Crippen molar-refractivity contribution < 1.29 is 18.6 Å². The third-order valence-electron chi connectivity index (χ3n) is 3.75. The van der Waals surface area contributed by atoms with Crippen LogP contribution in [0.1, 0.15) is 24.8 Å². The molecule has 1 aromatic carbocycles. The van der Waals surface area contributed by atoms with Gasteiger partial charge in [0.2, 0.25) is 5.92 Å². The molecule has 1 aromatic rings. The van der Waals surface area contributed by atoms with E-state index in [1.54, 1.807) is 7.11 Å². The third-order valence-corrected chi connectivity index (χ3v) is 3.75. The van der Waals surface area contributed by atoms with E-state index in [2.05, 4.69) is 5.32 Å². The van der Waals surface area contributed by atoms with E-state index < -0.39 is 5.92 Å². The van der Waals surface area contributed by atoms with Gasteiger partial charge in [-0.05, 0) is 36.5 Å². The van der Waals surface area contributed by atoms with Gasteiger partial charge in [-0.3, -0.25) is 0 Å². The highest BCUT2D eigenvalue weighted by Gasteiger charge is 2.39. The Morgan fingerprint density at radius 2 is 2.25 bits per heavy atom. The van der Waals surface area contributed by atoms with Crippen LogP contribution in [0.5, 0.6) is 5.75 Å².